The quantitative estimate of drug-likeness (QED) is 0.747. The van der Waals surface area contributed by atoms with Crippen molar-refractivity contribution in [3.05, 3.63) is 5.01 Å². The smallest absolute Gasteiger partial charge is 0.229 e. The van der Waals surface area contributed by atoms with E-state index in [9.17, 15) is 14.4 Å². The first-order chi connectivity index (χ1) is 13.8. The number of aromatic nitrogens is 2. The Bertz CT molecular complexity index is 815. The molecule has 1 spiro atoms. The molecule has 0 radical (unpaired) electrons. The van der Waals surface area contributed by atoms with Crippen LogP contribution in [0.5, 0.6) is 0 Å². The normalized spacial score (nSPS) is 24.8. The van der Waals surface area contributed by atoms with Crippen LogP contribution < -0.4 is 4.90 Å². The fraction of sp³-hybridized carbons (Fsp3) is 0.750. The number of nitrogens with zero attached hydrogens (tertiary/aromatic N) is 5. The summed E-state index contributed by atoms with van der Waals surface area (Å²) < 4.78 is 0. The van der Waals surface area contributed by atoms with E-state index in [-0.39, 0.29) is 41.4 Å². The van der Waals surface area contributed by atoms with Gasteiger partial charge in [0.2, 0.25) is 22.9 Å². The van der Waals surface area contributed by atoms with Crippen molar-refractivity contribution in [3.8, 4) is 0 Å². The summed E-state index contributed by atoms with van der Waals surface area (Å²) in [6, 6.07) is 0. The number of carbonyl (C=O) groups excluding carboxylic acids is 3. The molecule has 29 heavy (non-hydrogen) atoms. The SMILES string of the molecule is CC(C)c1nnc(N2CC(C(=O)N3CCC4(CCC(=O)N(C)C4)CC3)CC2=O)s1. The van der Waals surface area contributed by atoms with Crippen molar-refractivity contribution in [2.45, 2.75) is 51.9 Å². The molecule has 158 valence electrons. The summed E-state index contributed by atoms with van der Waals surface area (Å²) in [5.41, 5.74) is 0.150. The third-order valence-electron chi connectivity index (χ3n) is 6.63. The van der Waals surface area contributed by atoms with E-state index < -0.39 is 0 Å². The minimum absolute atomic E-state index is 0.0456. The number of piperidine rings is 2. The van der Waals surface area contributed by atoms with Gasteiger partial charge in [-0.2, -0.15) is 0 Å². The van der Waals surface area contributed by atoms with Crippen molar-refractivity contribution in [1.29, 1.82) is 0 Å². The zero-order valence-corrected chi connectivity index (χ0v) is 18.2. The highest BCUT2D eigenvalue weighted by molar-refractivity contribution is 7.15. The molecular formula is C20H29N5O3S. The molecule has 1 aromatic rings. The van der Waals surface area contributed by atoms with E-state index in [1.54, 1.807) is 4.90 Å². The number of likely N-dealkylation sites (tertiary alicyclic amines) is 2. The molecule has 4 heterocycles. The van der Waals surface area contributed by atoms with Crippen molar-refractivity contribution in [1.82, 2.24) is 20.0 Å². The van der Waals surface area contributed by atoms with Crippen molar-refractivity contribution in [3.63, 3.8) is 0 Å². The first-order valence-electron chi connectivity index (χ1n) is 10.4. The van der Waals surface area contributed by atoms with E-state index in [2.05, 4.69) is 10.2 Å². The second-order valence-electron chi connectivity index (χ2n) is 9.06. The van der Waals surface area contributed by atoms with Crippen LogP contribution >= 0.6 is 11.3 Å². The van der Waals surface area contributed by atoms with E-state index in [4.69, 9.17) is 0 Å². The van der Waals surface area contributed by atoms with Gasteiger partial charge < -0.3 is 9.80 Å². The highest BCUT2D eigenvalue weighted by Gasteiger charge is 2.43. The van der Waals surface area contributed by atoms with Crippen molar-refractivity contribution in [2.24, 2.45) is 11.3 Å². The summed E-state index contributed by atoms with van der Waals surface area (Å²) in [5, 5.41) is 9.83. The molecule has 1 atom stereocenters. The molecule has 3 aliphatic heterocycles. The van der Waals surface area contributed by atoms with Crippen LogP contribution in [0.15, 0.2) is 0 Å². The summed E-state index contributed by atoms with van der Waals surface area (Å²) in [7, 11) is 1.87. The number of carbonyl (C=O) groups is 3. The van der Waals surface area contributed by atoms with Crippen LogP contribution in [-0.2, 0) is 14.4 Å². The van der Waals surface area contributed by atoms with Gasteiger partial charge in [0.1, 0.15) is 5.01 Å². The molecule has 0 N–H and O–H groups in total. The Morgan fingerprint density at radius 3 is 2.48 bits per heavy atom. The van der Waals surface area contributed by atoms with Crippen LogP contribution in [0.25, 0.3) is 0 Å². The summed E-state index contributed by atoms with van der Waals surface area (Å²) in [6.07, 6.45) is 3.62. The van der Waals surface area contributed by atoms with Crippen LogP contribution in [0.3, 0.4) is 0 Å². The number of hydrogen-bond donors (Lipinski definition) is 0. The fourth-order valence-electron chi connectivity index (χ4n) is 4.73. The van der Waals surface area contributed by atoms with Gasteiger partial charge in [0.25, 0.3) is 0 Å². The molecule has 3 amide bonds. The van der Waals surface area contributed by atoms with E-state index >= 15 is 0 Å². The molecular weight excluding hydrogens is 390 g/mol. The van der Waals surface area contributed by atoms with Crippen LogP contribution in [0, 0.1) is 11.3 Å². The van der Waals surface area contributed by atoms with E-state index in [0.717, 1.165) is 30.8 Å². The number of hydrogen-bond acceptors (Lipinski definition) is 6. The number of anilines is 1. The summed E-state index contributed by atoms with van der Waals surface area (Å²) in [6.45, 7) is 6.70. The lowest BCUT2D eigenvalue weighted by Crippen LogP contribution is -2.52. The number of amides is 3. The topological polar surface area (TPSA) is 86.7 Å². The predicted molar refractivity (Wildman–Crippen MR) is 110 cm³/mol. The van der Waals surface area contributed by atoms with E-state index in [1.165, 1.54) is 11.3 Å². The highest BCUT2D eigenvalue weighted by Crippen LogP contribution is 2.40. The summed E-state index contributed by atoms with van der Waals surface area (Å²) in [5.74, 6) is 0.209. The molecule has 1 unspecified atom stereocenters. The van der Waals surface area contributed by atoms with E-state index in [1.807, 2.05) is 30.7 Å². The zero-order valence-electron chi connectivity index (χ0n) is 17.4. The second kappa shape index (κ2) is 7.66. The van der Waals surface area contributed by atoms with Crippen LogP contribution in [0.2, 0.25) is 0 Å². The van der Waals surface area contributed by atoms with Crippen LogP contribution in [-0.4, -0.2) is 70.9 Å². The van der Waals surface area contributed by atoms with Gasteiger partial charge >= 0.3 is 0 Å². The first kappa shape index (κ1) is 20.3. The van der Waals surface area contributed by atoms with Gasteiger partial charge in [-0.1, -0.05) is 25.2 Å². The van der Waals surface area contributed by atoms with Gasteiger partial charge in [0, 0.05) is 52.0 Å². The molecule has 9 heteroatoms. The maximum absolute atomic E-state index is 13.1. The largest absolute Gasteiger partial charge is 0.345 e. The Balaban J connectivity index is 1.36. The molecule has 4 rings (SSSR count). The predicted octanol–water partition coefficient (Wildman–Crippen LogP) is 1.88. The Hall–Kier alpha value is -2.03. The van der Waals surface area contributed by atoms with Crippen molar-refractivity contribution < 1.29 is 14.4 Å². The second-order valence-corrected chi connectivity index (χ2v) is 10.0. The van der Waals surface area contributed by atoms with Crippen molar-refractivity contribution in [2.75, 3.05) is 38.1 Å². The standard InChI is InChI=1S/C20H29N5O3S/c1-13(2)17-21-22-19(29-17)25-11-14(10-16(25)27)18(28)24-8-6-20(7-9-24)5-4-15(26)23(3)12-20/h13-14H,4-12H2,1-3H3. The Kier molecular flexibility index (Phi) is 5.35. The van der Waals surface area contributed by atoms with Crippen molar-refractivity contribution >= 4 is 34.2 Å². The van der Waals surface area contributed by atoms with Gasteiger partial charge in [-0.25, -0.2) is 0 Å². The average Bonchev–Trinajstić information content (AvgIpc) is 3.32. The molecule has 0 bridgehead atoms. The lowest BCUT2D eigenvalue weighted by Gasteiger charge is -2.46. The molecule has 1 aromatic heterocycles. The first-order valence-corrected chi connectivity index (χ1v) is 11.3. The Morgan fingerprint density at radius 1 is 1.14 bits per heavy atom. The van der Waals surface area contributed by atoms with E-state index in [0.29, 0.717) is 31.2 Å². The highest BCUT2D eigenvalue weighted by atomic mass is 32.1. The minimum Gasteiger partial charge on any atom is -0.345 e. The molecule has 3 saturated heterocycles. The third-order valence-corrected chi connectivity index (χ3v) is 7.88. The molecule has 0 aromatic carbocycles. The number of rotatable bonds is 3. The molecule has 8 nitrogen and oxygen atoms in total. The average molecular weight is 420 g/mol. The lowest BCUT2D eigenvalue weighted by atomic mass is 9.72. The minimum atomic E-state index is -0.307. The molecule has 0 saturated carbocycles. The third kappa shape index (κ3) is 3.89. The maximum atomic E-state index is 13.1. The van der Waals surface area contributed by atoms with Gasteiger partial charge in [0.15, 0.2) is 0 Å². The fourth-order valence-corrected chi connectivity index (χ4v) is 5.60. The van der Waals surface area contributed by atoms with Gasteiger partial charge in [-0.05, 0) is 24.7 Å². The summed E-state index contributed by atoms with van der Waals surface area (Å²) >= 11 is 1.43. The molecule has 3 fully saturated rings. The zero-order chi connectivity index (χ0) is 20.8. The van der Waals surface area contributed by atoms with Crippen LogP contribution in [0.4, 0.5) is 5.13 Å². The molecule has 0 aliphatic carbocycles. The maximum Gasteiger partial charge on any atom is 0.229 e. The Labute approximate surface area is 175 Å². The van der Waals surface area contributed by atoms with Gasteiger partial charge in [0.05, 0.1) is 5.92 Å². The van der Waals surface area contributed by atoms with Gasteiger partial charge in [-0.3, -0.25) is 19.3 Å². The van der Waals surface area contributed by atoms with Gasteiger partial charge in [-0.15, -0.1) is 10.2 Å². The van der Waals surface area contributed by atoms with Crippen LogP contribution in [0.1, 0.15) is 56.9 Å². The lowest BCUT2D eigenvalue weighted by molar-refractivity contribution is -0.143. The summed E-state index contributed by atoms with van der Waals surface area (Å²) in [4.78, 5) is 42.8. The Morgan fingerprint density at radius 2 is 1.86 bits per heavy atom. The monoisotopic (exact) mass is 419 g/mol. The molecule has 3 aliphatic rings.